The predicted molar refractivity (Wildman–Crippen MR) is 71.6 cm³/mol. The zero-order chi connectivity index (χ0) is 12.8. The molecule has 0 saturated carbocycles. The smallest absolute Gasteiger partial charge is 0.300 e. The minimum Gasteiger partial charge on any atom is -0.351 e. The quantitative estimate of drug-likeness (QED) is 0.491. The molecule has 6 nitrogen and oxygen atoms in total. The summed E-state index contributed by atoms with van der Waals surface area (Å²) in [5.41, 5.74) is -0.394. The highest BCUT2D eigenvalue weighted by molar-refractivity contribution is 6.33. The van der Waals surface area contributed by atoms with Crippen LogP contribution >= 0.6 is 24.0 Å². The van der Waals surface area contributed by atoms with Crippen molar-refractivity contribution in [3.8, 4) is 0 Å². The number of carbonyl (C=O) groups excluding carboxylic acids is 1. The lowest BCUT2D eigenvalue weighted by Gasteiger charge is -2.06. The van der Waals surface area contributed by atoms with Gasteiger partial charge in [0.25, 0.3) is 5.91 Å². The van der Waals surface area contributed by atoms with Crippen molar-refractivity contribution in [3.05, 3.63) is 38.9 Å². The highest BCUT2D eigenvalue weighted by Gasteiger charge is 2.22. The Kier molecular flexibility index (Phi) is 7.26. The largest absolute Gasteiger partial charge is 0.351 e. The molecule has 8 heteroatoms. The molecule has 0 aromatic heterocycles. The first-order valence-corrected chi connectivity index (χ1v) is 5.31. The lowest BCUT2D eigenvalue weighted by Crippen LogP contribution is -2.30. The molecule has 0 fully saturated rings. The normalized spacial score (nSPS) is 9.44. The molecule has 0 aliphatic rings. The molecule has 1 aromatic rings. The first-order valence-electron chi connectivity index (χ1n) is 4.93. The maximum absolute atomic E-state index is 11.7. The van der Waals surface area contributed by atoms with Gasteiger partial charge in [0.1, 0.15) is 10.6 Å². The fraction of sp³-hybridized carbons (Fsp3) is 0.300. The van der Waals surface area contributed by atoms with Gasteiger partial charge in [-0.25, -0.2) is 0 Å². The van der Waals surface area contributed by atoms with Crippen LogP contribution in [0.1, 0.15) is 10.4 Å². The average Bonchev–Trinajstić information content (AvgIpc) is 2.28. The number of nitrogens with zero attached hydrogens (tertiary/aromatic N) is 1. The topological polar surface area (TPSA) is 84.3 Å². The third-order valence-electron chi connectivity index (χ3n) is 2.07. The third-order valence-corrected chi connectivity index (χ3v) is 2.38. The van der Waals surface area contributed by atoms with Gasteiger partial charge < -0.3 is 10.6 Å². The van der Waals surface area contributed by atoms with Gasteiger partial charge in [0.2, 0.25) is 0 Å². The fourth-order valence-corrected chi connectivity index (χ4v) is 1.52. The van der Waals surface area contributed by atoms with Crippen LogP contribution in [0.5, 0.6) is 0 Å². The van der Waals surface area contributed by atoms with E-state index in [1.165, 1.54) is 18.2 Å². The molecule has 0 saturated heterocycles. The number of benzene rings is 1. The van der Waals surface area contributed by atoms with E-state index in [1.807, 2.05) is 0 Å². The van der Waals surface area contributed by atoms with E-state index in [0.717, 1.165) is 0 Å². The van der Waals surface area contributed by atoms with E-state index in [-0.39, 0.29) is 28.7 Å². The third kappa shape index (κ3) is 4.14. The summed E-state index contributed by atoms with van der Waals surface area (Å²) < 4.78 is 0. The number of para-hydroxylation sites is 1. The Morgan fingerprint density at radius 2 is 2.11 bits per heavy atom. The Balaban J connectivity index is 0.00000289. The Labute approximate surface area is 115 Å². The van der Waals surface area contributed by atoms with E-state index in [9.17, 15) is 14.9 Å². The van der Waals surface area contributed by atoms with E-state index in [2.05, 4.69) is 10.6 Å². The molecule has 18 heavy (non-hydrogen) atoms. The molecule has 0 aliphatic heterocycles. The second kappa shape index (κ2) is 7.86. The van der Waals surface area contributed by atoms with E-state index >= 15 is 0 Å². The number of likely N-dealkylation sites (N-methyl/N-ethyl adjacent to an activating group) is 1. The second-order valence-electron chi connectivity index (χ2n) is 3.25. The van der Waals surface area contributed by atoms with Gasteiger partial charge in [-0.2, -0.15) is 0 Å². The van der Waals surface area contributed by atoms with Crippen molar-refractivity contribution in [2.24, 2.45) is 0 Å². The number of carbonyl (C=O) groups is 1. The van der Waals surface area contributed by atoms with Crippen LogP contribution in [-0.4, -0.2) is 31.0 Å². The molecule has 2 N–H and O–H groups in total. The van der Waals surface area contributed by atoms with E-state index in [1.54, 1.807) is 7.05 Å². The number of nitro benzene ring substituents is 1. The Hall–Kier alpha value is -1.37. The van der Waals surface area contributed by atoms with Gasteiger partial charge in [-0.15, -0.1) is 12.4 Å². The van der Waals surface area contributed by atoms with Crippen LogP contribution in [0.25, 0.3) is 0 Å². The molecule has 0 radical (unpaired) electrons. The van der Waals surface area contributed by atoms with Gasteiger partial charge in [-0.3, -0.25) is 14.9 Å². The van der Waals surface area contributed by atoms with Crippen LogP contribution < -0.4 is 10.6 Å². The number of rotatable bonds is 5. The first-order chi connectivity index (χ1) is 8.07. The summed E-state index contributed by atoms with van der Waals surface area (Å²) in [7, 11) is 1.74. The number of nitro groups is 1. The van der Waals surface area contributed by atoms with Gasteiger partial charge >= 0.3 is 5.69 Å². The van der Waals surface area contributed by atoms with Crippen molar-refractivity contribution in [3.63, 3.8) is 0 Å². The standard InChI is InChI=1S/C10H12ClN3O3.ClH/c1-12-5-6-13-10(15)7-3-2-4-8(11)9(7)14(16)17;/h2-4,12H,5-6H2,1H3,(H,13,15);1H. The van der Waals surface area contributed by atoms with Crippen LogP contribution in [0.2, 0.25) is 5.02 Å². The fourth-order valence-electron chi connectivity index (χ4n) is 1.28. The molecule has 0 spiro atoms. The van der Waals surface area contributed by atoms with Crippen molar-refractivity contribution in [2.75, 3.05) is 20.1 Å². The lowest BCUT2D eigenvalue weighted by atomic mass is 10.1. The summed E-state index contributed by atoms with van der Waals surface area (Å²) in [6.45, 7) is 0.971. The molecule has 0 heterocycles. The molecule has 0 aliphatic carbocycles. The number of hydrogen-bond acceptors (Lipinski definition) is 4. The van der Waals surface area contributed by atoms with Gasteiger partial charge in [-0.1, -0.05) is 17.7 Å². The molecule has 1 amide bonds. The summed E-state index contributed by atoms with van der Waals surface area (Å²) in [5, 5.41) is 16.2. The first kappa shape index (κ1) is 16.6. The van der Waals surface area contributed by atoms with Crippen molar-refractivity contribution in [2.45, 2.75) is 0 Å². The number of halogens is 2. The predicted octanol–water partition coefficient (Wildman–Crippen LogP) is 1.62. The molecule has 0 unspecified atom stereocenters. The summed E-state index contributed by atoms with van der Waals surface area (Å²) in [5.74, 6) is -0.505. The van der Waals surface area contributed by atoms with Gasteiger partial charge in [-0.05, 0) is 19.2 Å². The highest BCUT2D eigenvalue weighted by Crippen LogP contribution is 2.27. The summed E-state index contributed by atoms with van der Waals surface area (Å²) in [6, 6.07) is 4.26. The number of nitrogens with one attached hydrogen (secondary N) is 2. The van der Waals surface area contributed by atoms with Gasteiger partial charge in [0.15, 0.2) is 0 Å². The summed E-state index contributed by atoms with van der Waals surface area (Å²) in [4.78, 5) is 21.8. The molecular formula is C10H13Cl2N3O3. The van der Waals surface area contributed by atoms with E-state index in [0.29, 0.717) is 13.1 Å². The Bertz CT molecular complexity index is 440. The molecule has 100 valence electrons. The maximum Gasteiger partial charge on any atom is 0.300 e. The van der Waals surface area contributed by atoms with E-state index in [4.69, 9.17) is 11.6 Å². The minimum atomic E-state index is -0.657. The minimum absolute atomic E-state index is 0. The molecular weight excluding hydrogens is 281 g/mol. The Morgan fingerprint density at radius 3 is 2.67 bits per heavy atom. The van der Waals surface area contributed by atoms with Crippen LogP contribution in [0.3, 0.4) is 0 Å². The summed E-state index contributed by atoms with van der Waals surface area (Å²) in [6.07, 6.45) is 0. The van der Waals surface area contributed by atoms with Crippen molar-refractivity contribution in [1.29, 1.82) is 0 Å². The van der Waals surface area contributed by atoms with Crippen molar-refractivity contribution >= 4 is 35.6 Å². The molecule has 1 rings (SSSR count). The van der Waals surface area contributed by atoms with Crippen molar-refractivity contribution in [1.82, 2.24) is 10.6 Å². The summed E-state index contributed by atoms with van der Waals surface area (Å²) >= 11 is 5.70. The van der Waals surface area contributed by atoms with Crippen molar-refractivity contribution < 1.29 is 9.72 Å². The molecule has 0 atom stereocenters. The van der Waals surface area contributed by atoms with Crippen LogP contribution in [0, 0.1) is 10.1 Å². The van der Waals surface area contributed by atoms with Crippen LogP contribution in [0.4, 0.5) is 5.69 Å². The number of hydrogen-bond donors (Lipinski definition) is 2. The van der Waals surface area contributed by atoms with Crippen LogP contribution in [-0.2, 0) is 0 Å². The zero-order valence-corrected chi connectivity index (χ0v) is 11.2. The van der Waals surface area contributed by atoms with Gasteiger partial charge in [0.05, 0.1) is 4.92 Å². The molecule has 1 aromatic carbocycles. The zero-order valence-electron chi connectivity index (χ0n) is 9.60. The molecule has 0 bridgehead atoms. The van der Waals surface area contributed by atoms with E-state index < -0.39 is 10.8 Å². The van der Waals surface area contributed by atoms with Crippen LogP contribution in [0.15, 0.2) is 18.2 Å². The highest BCUT2D eigenvalue weighted by atomic mass is 35.5. The lowest BCUT2D eigenvalue weighted by molar-refractivity contribution is -0.385. The van der Waals surface area contributed by atoms with Gasteiger partial charge in [0, 0.05) is 13.1 Å². The Morgan fingerprint density at radius 1 is 1.44 bits per heavy atom. The second-order valence-corrected chi connectivity index (χ2v) is 3.66. The number of amides is 1. The average molecular weight is 294 g/mol. The monoisotopic (exact) mass is 293 g/mol. The maximum atomic E-state index is 11.7. The SMILES string of the molecule is CNCCNC(=O)c1cccc(Cl)c1[N+](=O)[O-].Cl.